The predicted molar refractivity (Wildman–Crippen MR) is 88.2 cm³/mol. The third-order valence-corrected chi connectivity index (χ3v) is 5.34. The minimum Gasteiger partial charge on any atom is -0.279 e. The zero-order chi connectivity index (χ0) is 17.2. The molecular weight excluding hydrogens is 412 g/mol. The van der Waals surface area contributed by atoms with E-state index in [1.54, 1.807) is 0 Å². The molecule has 0 aliphatic heterocycles. The first kappa shape index (κ1) is 17.4. The van der Waals surface area contributed by atoms with Crippen LogP contribution in [0.3, 0.4) is 0 Å². The Morgan fingerprint density at radius 3 is 2.43 bits per heavy atom. The van der Waals surface area contributed by atoms with E-state index in [1.807, 2.05) is 0 Å². The Kier molecular flexibility index (Phi) is 5.03. The van der Waals surface area contributed by atoms with Crippen molar-refractivity contribution in [1.29, 1.82) is 0 Å². The Balaban J connectivity index is 2.44. The standard InChI is InChI=1S/C13H8BrClN2O5S/c14-10-7-8(17(19)20)5-6-12(10)23(21,22)16-11-4-2-1-3-9(11)13(15)18/h1-7,16H. The number of anilines is 1. The predicted octanol–water partition coefficient (Wildman–Crippen LogP) is 3.54. The summed E-state index contributed by atoms with van der Waals surface area (Å²) in [5, 5.41) is 9.88. The fraction of sp³-hybridized carbons (Fsp3) is 0. The molecule has 2 rings (SSSR count). The Labute approximate surface area is 144 Å². The topological polar surface area (TPSA) is 106 Å². The number of nitro benzene ring substituents is 1. The van der Waals surface area contributed by atoms with Gasteiger partial charge in [0.05, 0.1) is 16.2 Å². The number of nitrogens with zero attached hydrogens (tertiary/aromatic N) is 1. The van der Waals surface area contributed by atoms with Crippen molar-refractivity contribution in [2.45, 2.75) is 4.90 Å². The quantitative estimate of drug-likeness (QED) is 0.453. The number of carbonyl (C=O) groups excluding carboxylic acids is 1. The summed E-state index contributed by atoms with van der Waals surface area (Å²) < 4.78 is 27.1. The van der Waals surface area contributed by atoms with Gasteiger partial charge in [0.15, 0.2) is 0 Å². The monoisotopic (exact) mass is 418 g/mol. The summed E-state index contributed by atoms with van der Waals surface area (Å²) in [6.45, 7) is 0. The highest BCUT2D eigenvalue weighted by atomic mass is 79.9. The molecule has 2 aromatic carbocycles. The molecule has 0 fully saturated rings. The summed E-state index contributed by atoms with van der Waals surface area (Å²) in [5.41, 5.74) is -0.249. The van der Waals surface area contributed by atoms with E-state index >= 15 is 0 Å². The fourth-order valence-electron chi connectivity index (χ4n) is 1.76. The number of para-hydroxylation sites is 1. The number of non-ortho nitro benzene ring substituents is 1. The van der Waals surface area contributed by atoms with E-state index < -0.39 is 20.2 Å². The fourth-order valence-corrected chi connectivity index (χ4v) is 4.08. The number of benzene rings is 2. The van der Waals surface area contributed by atoms with Gasteiger partial charge in [-0.3, -0.25) is 19.6 Å². The molecule has 7 nitrogen and oxygen atoms in total. The van der Waals surface area contributed by atoms with Crippen molar-refractivity contribution < 1.29 is 18.1 Å². The van der Waals surface area contributed by atoms with E-state index in [-0.39, 0.29) is 26.3 Å². The van der Waals surface area contributed by atoms with Crippen LogP contribution in [0, 0.1) is 10.1 Å². The zero-order valence-electron chi connectivity index (χ0n) is 11.2. The van der Waals surface area contributed by atoms with Crippen LogP contribution in [0.1, 0.15) is 10.4 Å². The van der Waals surface area contributed by atoms with Crippen LogP contribution in [0.4, 0.5) is 11.4 Å². The van der Waals surface area contributed by atoms with Gasteiger partial charge in [0.2, 0.25) is 0 Å². The molecule has 0 heterocycles. The van der Waals surface area contributed by atoms with Crippen molar-refractivity contribution in [3.63, 3.8) is 0 Å². The molecule has 0 aromatic heterocycles. The van der Waals surface area contributed by atoms with Crippen LogP contribution in [0.2, 0.25) is 0 Å². The normalized spacial score (nSPS) is 11.0. The van der Waals surface area contributed by atoms with Gasteiger partial charge in [-0.2, -0.15) is 0 Å². The SMILES string of the molecule is O=C(Cl)c1ccccc1NS(=O)(=O)c1ccc([N+](=O)[O-])cc1Br. The van der Waals surface area contributed by atoms with Gasteiger partial charge in [0.25, 0.3) is 21.0 Å². The summed E-state index contributed by atoms with van der Waals surface area (Å²) in [6, 6.07) is 9.06. The van der Waals surface area contributed by atoms with Crippen LogP contribution in [-0.2, 0) is 10.0 Å². The average Bonchev–Trinajstić information content (AvgIpc) is 2.46. The first-order valence-electron chi connectivity index (χ1n) is 5.98. The van der Waals surface area contributed by atoms with Crippen LogP contribution in [-0.4, -0.2) is 18.6 Å². The molecule has 23 heavy (non-hydrogen) atoms. The molecule has 0 atom stereocenters. The number of nitrogens with one attached hydrogen (secondary N) is 1. The molecule has 120 valence electrons. The van der Waals surface area contributed by atoms with Gasteiger partial charge in [0, 0.05) is 16.6 Å². The maximum Gasteiger partial charge on any atom is 0.270 e. The van der Waals surface area contributed by atoms with Crippen molar-refractivity contribution in [1.82, 2.24) is 0 Å². The number of hydrogen-bond acceptors (Lipinski definition) is 5. The summed E-state index contributed by atoms with van der Waals surface area (Å²) in [6.07, 6.45) is 0. The van der Waals surface area contributed by atoms with Gasteiger partial charge >= 0.3 is 0 Å². The molecule has 1 N–H and O–H groups in total. The van der Waals surface area contributed by atoms with E-state index in [9.17, 15) is 23.3 Å². The number of halogens is 2. The second kappa shape index (κ2) is 6.65. The Bertz CT molecular complexity index is 901. The molecule has 2 aromatic rings. The summed E-state index contributed by atoms with van der Waals surface area (Å²) in [5.74, 6) is 0. The zero-order valence-corrected chi connectivity index (χ0v) is 14.4. The second-order valence-corrected chi connectivity index (χ2v) is 7.15. The molecular formula is C13H8BrClN2O5S. The van der Waals surface area contributed by atoms with Crippen molar-refractivity contribution in [3.05, 3.63) is 62.6 Å². The highest BCUT2D eigenvalue weighted by Gasteiger charge is 2.22. The minimum absolute atomic E-state index is 0.00391. The first-order valence-corrected chi connectivity index (χ1v) is 8.63. The Morgan fingerprint density at radius 2 is 1.87 bits per heavy atom. The Hall–Kier alpha value is -1.97. The lowest BCUT2D eigenvalue weighted by atomic mass is 10.2. The molecule has 0 spiro atoms. The first-order chi connectivity index (χ1) is 10.7. The molecule has 10 heteroatoms. The lowest BCUT2D eigenvalue weighted by Gasteiger charge is -2.11. The van der Waals surface area contributed by atoms with Gasteiger partial charge in [-0.05, 0) is 45.7 Å². The number of carbonyl (C=O) groups is 1. The third kappa shape index (κ3) is 3.87. The minimum atomic E-state index is -4.07. The second-order valence-electron chi connectivity index (χ2n) is 4.30. The molecule has 0 saturated heterocycles. The summed E-state index contributed by atoms with van der Waals surface area (Å²) in [7, 11) is -4.07. The lowest BCUT2D eigenvalue weighted by Crippen LogP contribution is -2.15. The van der Waals surface area contributed by atoms with Crippen molar-refractivity contribution in [3.8, 4) is 0 Å². The molecule has 0 bridgehead atoms. The molecule has 0 saturated carbocycles. The maximum atomic E-state index is 12.4. The van der Waals surface area contributed by atoms with Crippen LogP contribution in [0.15, 0.2) is 51.8 Å². The van der Waals surface area contributed by atoms with Crippen molar-refractivity contribution in [2.75, 3.05) is 4.72 Å². The van der Waals surface area contributed by atoms with Gasteiger partial charge in [-0.1, -0.05) is 12.1 Å². The third-order valence-electron chi connectivity index (χ3n) is 2.80. The molecule has 0 aliphatic rings. The van der Waals surface area contributed by atoms with E-state index in [4.69, 9.17) is 11.6 Å². The highest BCUT2D eigenvalue weighted by molar-refractivity contribution is 9.10. The van der Waals surface area contributed by atoms with Crippen LogP contribution >= 0.6 is 27.5 Å². The molecule has 0 unspecified atom stereocenters. The maximum absolute atomic E-state index is 12.4. The lowest BCUT2D eigenvalue weighted by molar-refractivity contribution is -0.385. The van der Waals surface area contributed by atoms with Crippen LogP contribution in [0.25, 0.3) is 0 Å². The van der Waals surface area contributed by atoms with Crippen LogP contribution in [0.5, 0.6) is 0 Å². The number of hydrogen-bond donors (Lipinski definition) is 1. The van der Waals surface area contributed by atoms with Gasteiger partial charge in [-0.15, -0.1) is 0 Å². The smallest absolute Gasteiger partial charge is 0.270 e. The van der Waals surface area contributed by atoms with Gasteiger partial charge in [0.1, 0.15) is 4.90 Å². The Morgan fingerprint density at radius 1 is 1.22 bits per heavy atom. The number of nitro groups is 1. The average molecular weight is 420 g/mol. The van der Waals surface area contributed by atoms with Crippen LogP contribution < -0.4 is 4.72 Å². The van der Waals surface area contributed by atoms with E-state index in [0.29, 0.717) is 0 Å². The molecule has 0 amide bonds. The van der Waals surface area contributed by atoms with Gasteiger partial charge < -0.3 is 0 Å². The summed E-state index contributed by atoms with van der Waals surface area (Å²) >= 11 is 8.41. The van der Waals surface area contributed by atoms with E-state index in [1.165, 1.54) is 24.3 Å². The molecule has 0 aliphatic carbocycles. The molecule has 0 radical (unpaired) electrons. The largest absolute Gasteiger partial charge is 0.279 e. The van der Waals surface area contributed by atoms with Gasteiger partial charge in [-0.25, -0.2) is 8.42 Å². The van der Waals surface area contributed by atoms with E-state index in [0.717, 1.165) is 18.2 Å². The highest BCUT2D eigenvalue weighted by Crippen LogP contribution is 2.29. The summed E-state index contributed by atoms with van der Waals surface area (Å²) in [4.78, 5) is 21.2. The van der Waals surface area contributed by atoms with Crippen molar-refractivity contribution in [2.24, 2.45) is 0 Å². The van der Waals surface area contributed by atoms with Crippen molar-refractivity contribution >= 4 is 54.2 Å². The number of rotatable bonds is 5. The van der Waals surface area contributed by atoms with E-state index in [2.05, 4.69) is 20.7 Å². The number of sulfonamides is 1.